The van der Waals surface area contributed by atoms with Crippen LogP contribution in [-0.2, 0) is 9.59 Å². The average Bonchev–Trinajstić information content (AvgIpc) is 1.99. The SMILES string of the molecule is NCC(=O)N[C@H]([C]=O)CS. The minimum atomic E-state index is -0.639. The molecule has 0 aromatic rings. The summed E-state index contributed by atoms with van der Waals surface area (Å²) in [6, 6.07) is -0.639. The Balaban J connectivity index is 3.62. The van der Waals surface area contributed by atoms with Gasteiger partial charge in [0.15, 0.2) is 0 Å². The number of nitrogens with one attached hydrogen (secondary N) is 1. The highest BCUT2D eigenvalue weighted by molar-refractivity contribution is 7.80. The molecule has 0 aromatic carbocycles. The Morgan fingerprint density at radius 2 is 2.40 bits per heavy atom. The van der Waals surface area contributed by atoms with Crippen LogP contribution in [0.3, 0.4) is 0 Å². The van der Waals surface area contributed by atoms with E-state index in [1.165, 1.54) is 0 Å². The molecule has 3 N–H and O–H groups in total. The van der Waals surface area contributed by atoms with Gasteiger partial charge in [0.2, 0.25) is 12.2 Å². The van der Waals surface area contributed by atoms with Gasteiger partial charge in [0.1, 0.15) is 6.04 Å². The van der Waals surface area contributed by atoms with Crippen LogP contribution in [0.4, 0.5) is 0 Å². The second-order valence-corrected chi connectivity index (χ2v) is 1.99. The Bertz CT molecular complexity index is 129. The van der Waals surface area contributed by atoms with Crippen molar-refractivity contribution >= 4 is 24.8 Å². The normalized spacial score (nSPS) is 12.2. The van der Waals surface area contributed by atoms with Crippen LogP contribution >= 0.6 is 12.6 Å². The van der Waals surface area contributed by atoms with E-state index in [4.69, 9.17) is 5.73 Å². The second kappa shape index (κ2) is 5.25. The number of rotatable bonds is 4. The van der Waals surface area contributed by atoms with Crippen molar-refractivity contribution in [2.45, 2.75) is 6.04 Å². The summed E-state index contributed by atoms with van der Waals surface area (Å²) in [5, 5.41) is 2.30. The predicted octanol–water partition coefficient (Wildman–Crippen LogP) is -1.53. The summed E-state index contributed by atoms with van der Waals surface area (Å²) in [4.78, 5) is 20.4. The molecule has 0 aromatic heterocycles. The molecule has 0 aliphatic heterocycles. The van der Waals surface area contributed by atoms with Crippen molar-refractivity contribution in [1.82, 2.24) is 5.32 Å². The molecule has 0 unspecified atom stereocenters. The van der Waals surface area contributed by atoms with Crippen molar-refractivity contribution in [3.05, 3.63) is 0 Å². The zero-order valence-corrected chi connectivity index (χ0v) is 6.23. The molecular formula is C5H9N2O2S. The van der Waals surface area contributed by atoms with Crippen molar-refractivity contribution in [3.8, 4) is 0 Å². The summed E-state index contributed by atoms with van der Waals surface area (Å²) >= 11 is 3.79. The lowest BCUT2D eigenvalue weighted by molar-refractivity contribution is -0.119. The molecular weight excluding hydrogens is 152 g/mol. The van der Waals surface area contributed by atoms with E-state index in [-0.39, 0.29) is 18.2 Å². The van der Waals surface area contributed by atoms with Gasteiger partial charge in [-0.2, -0.15) is 12.6 Å². The standard InChI is InChI=1S/C5H9N2O2S/c6-1-5(9)7-4(2-8)3-10/h4,10H,1,3,6H2,(H,7,9)/t4-/m1/s1. The second-order valence-electron chi connectivity index (χ2n) is 1.62. The van der Waals surface area contributed by atoms with Crippen LogP contribution in [-0.4, -0.2) is 30.5 Å². The molecule has 0 heterocycles. The maximum absolute atomic E-state index is 10.5. The third-order valence-electron chi connectivity index (χ3n) is 0.845. The van der Waals surface area contributed by atoms with E-state index in [1.807, 2.05) is 0 Å². The monoisotopic (exact) mass is 161 g/mol. The van der Waals surface area contributed by atoms with E-state index < -0.39 is 6.04 Å². The van der Waals surface area contributed by atoms with Crippen molar-refractivity contribution < 1.29 is 9.59 Å². The predicted molar refractivity (Wildman–Crippen MR) is 40.5 cm³/mol. The Morgan fingerprint density at radius 1 is 1.80 bits per heavy atom. The molecule has 0 saturated carbocycles. The first-order valence-corrected chi connectivity index (χ1v) is 3.35. The lowest BCUT2D eigenvalue weighted by Crippen LogP contribution is -2.40. The maximum Gasteiger partial charge on any atom is 0.234 e. The molecule has 0 fully saturated rings. The van der Waals surface area contributed by atoms with Gasteiger partial charge in [0.25, 0.3) is 0 Å². The minimum absolute atomic E-state index is 0.119. The lowest BCUT2D eigenvalue weighted by atomic mass is 10.4. The largest absolute Gasteiger partial charge is 0.344 e. The van der Waals surface area contributed by atoms with Gasteiger partial charge in [-0.1, -0.05) is 0 Å². The van der Waals surface area contributed by atoms with Gasteiger partial charge in [-0.15, -0.1) is 0 Å². The first-order chi connectivity index (χ1) is 4.74. The number of carbonyl (C=O) groups excluding carboxylic acids is 2. The zero-order valence-electron chi connectivity index (χ0n) is 5.33. The fourth-order valence-electron chi connectivity index (χ4n) is 0.366. The fourth-order valence-corrected chi connectivity index (χ4v) is 0.531. The van der Waals surface area contributed by atoms with E-state index in [2.05, 4.69) is 17.9 Å². The third kappa shape index (κ3) is 3.47. The number of hydrogen-bond acceptors (Lipinski definition) is 4. The van der Waals surface area contributed by atoms with Gasteiger partial charge in [-0.05, 0) is 0 Å². The first-order valence-electron chi connectivity index (χ1n) is 2.72. The molecule has 1 amide bonds. The topological polar surface area (TPSA) is 72.2 Å². The zero-order chi connectivity index (χ0) is 7.98. The summed E-state index contributed by atoms with van der Waals surface area (Å²) in [6.45, 7) is -0.119. The van der Waals surface area contributed by atoms with Crippen LogP contribution in [0.25, 0.3) is 0 Å². The minimum Gasteiger partial charge on any atom is -0.344 e. The summed E-state index contributed by atoms with van der Waals surface area (Å²) in [5.74, 6) is -0.127. The third-order valence-corrected chi connectivity index (χ3v) is 1.21. The smallest absolute Gasteiger partial charge is 0.234 e. The molecule has 1 radical (unpaired) electrons. The molecule has 0 saturated heterocycles. The van der Waals surface area contributed by atoms with Crippen LogP contribution in [0.2, 0.25) is 0 Å². The Morgan fingerprint density at radius 3 is 2.70 bits per heavy atom. The summed E-state index contributed by atoms with van der Waals surface area (Å²) < 4.78 is 0. The summed E-state index contributed by atoms with van der Waals surface area (Å²) in [5.41, 5.74) is 4.96. The van der Waals surface area contributed by atoms with Gasteiger partial charge in [-0.25, -0.2) is 0 Å². The maximum atomic E-state index is 10.5. The highest BCUT2D eigenvalue weighted by Gasteiger charge is 2.07. The average molecular weight is 161 g/mol. The van der Waals surface area contributed by atoms with Gasteiger partial charge in [0, 0.05) is 5.75 Å². The van der Waals surface area contributed by atoms with E-state index in [1.54, 1.807) is 6.29 Å². The molecule has 5 heteroatoms. The number of carbonyl (C=O) groups is 1. The lowest BCUT2D eigenvalue weighted by Gasteiger charge is -2.06. The van der Waals surface area contributed by atoms with Crippen LogP contribution in [0.1, 0.15) is 0 Å². The van der Waals surface area contributed by atoms with Crippen molar-refractivity contribution in [2.75, 3.05) is 12.3 Å². The van der Waals surface area contributed by atoms with Crippen LogP contribution in [0.15, 0.2) is 0 Å². The molecule has 0 aliphatic carbocycles. The quantitative estimate of drug-likeness (QED) is 0.438. The highest BCUT2D eigenvalue weighted by Crippen LogP contribution is 1.81. The van der Waals surface area contributed by atoms with Crippen molar-refractivity contribution in [1.29, 1.82) is 0 Å². The van der Waals surface area contributed by atoms with E-state index >= 15 is 0 Å². The number of thiol groups is 1. The molecule has 1 atom stereocenters. The van der Waals surface area contributed by atoms with Crippen LogP contribution in [0, 0.1) is 0 Å². The van der Waals surface area contributed by atoms with Gasteiger partial charge in [-0.3, -0.25) is 9.59 Å². The number of nitrogens with two attached hydrogens (primary N) is 1. The van der Waals surface area contributed by atoms with E-state index in [0.717, 1.165) is 0 Å². The number of hydrogen-bond donors (Lipinski definition) is 3. The number of amides is 1. The Kier molecular flexibility index (Phi) is 4.96. The van der Waals surface area contributed by atoms with Crippen molar-refractivity contribution in [2.24, 2.45) is 5.73 Å². The molecule has 0 aliphatic rings. The van der Waals surface area contributed by atoms with Crippen molar-refractivity contribution in [3.63, 3.8) is 0 Å². The summed E-state index contributed by atoms with van der Waals surface area (Å²) in [7, 11) is 0. The van der Waals surface area contributed by atoms with Gasteiger partial charge < -0.3 is 11.1 Å². The highest BCUT2D eigenvalue weighted by atomic mass is 32.1. The summed E-state index contributed by atoms with van der Waals surface area (Å²) in [6.07, 6.45) is 1.60. The van der Waals surface area contributed by atoms with E-state index in [9.17, 15) is 9.59 Å². The van der Waals surface area contributed by atoms with Gasteiger partial charge >= 0.3 is 0 Å². The molecule has 0 spiro atoms. The Hall–Kier alpha value is -0.550. The Labute approximate surface area is 64.6 Å². The fraction of sp³-hybridized carbons (Fsp3) is 0.600. The molecule has 10 heavy (non-hydrogen) atoms. The van der Waals surface area contributed by atoms with Gasteiger partial charge in [0.05, 0.1) is 6.54 Å². The first kappa shape index (κ1) is 9.45. The van der Waals surface area contributed by atoms with Crippen LogP contribution in [0.5, 0.6) is 0 Å². The van der Waals surface area contributed by atoms with E-state index in [0.29, 0.717) is 0 Å². The molecule has 0 rings (SSSR count). The molecule has 4 nitrogen and oxygen atoms in total. The molecule has 0 bridgehead atoms. The molecule has 57 valence electrons. The van der Waals surface area contributed by atoms with Crippen LogP contribution < -0.4 is 11.1 Å².